The van der Waals surface area contributed by atoms with Gasteiger partial charge in [0.05, 0.1) is 0 Å². The lowest BCUT2D eigenvalue weighted by molar-refractivity contribution is 1.33. The Bertz CT molecular complexity index is 2250. The summed E-state index contributed by atoms with van der Waals surface area (Å²) >= 11 is 0. The van der Waals surface area contributed by atoms with Crippen molar-refractivity contribution in [3.8, 4) is 44.5 Å². The lowest BCUT2D eigenvalue weighted by Gasteiger charge is -2.20. The molecule has 0 radical (unpaired) electrons. The van der Waals surface area contributed by atoms with E-state index >= 15 is 0 Å². The number of aryl methyl sites for hydroxylation is 2. The average Bonchev–Trinajstić information content (AvgIpc) is 3.07. The summed E-state index contributed by atoms with van der Waals surface area (Å²) in [4.78, 5) is 4.18. The first kappa shape index (κ1) is 26.1. The van der Waals surface area contributed by atoms with Gasteiger partial charge in [0, 0.05) is 12.4 Å². The Morgan fingerprint density at radius 2 is 0.727 bits per heavy atom. The molecule has 1 aromatic heterocycles. The molecule has 0 bridgehead atoms. The minimum absolute atomic E-state index is 1.17. The van der Waals surface area contributed by atoms with Crippen LogP contribution in [0.3, 0.4) is 0 Å². The van der Waals surface area contributed by atoms with Crippen LogP contribution in [0.2, 0.25) is 0 Å². The van der Waals surface area contributed by atoms with Gasteiger partial charge in [-0.05, 0) is 114 Å². The van der Waals surface area contributed by atoms with Crippen LogP contribution in [0.4, 0.5) is 0 Å². The Balaban J connectivity index is 1.41. The topological polar surface area (TPSA) is 12.9 Å². The van der Waals surface area contributed by atoms with E-state index in [1.54, 1.807) is 0 Å². The summed E-state index contributed by atoms with van der Waals surface area (Å²) in [6, 6.07) is 51.1. The van der Waals surface area contributed by atoms with Crippen LogP contribution >= 0.6 is 0 Å². The Kier molecular flexibility index (Phi) is 6.31. The summed E-state index contributed by atoms with van der Waals surface area (Å²) in [5, 5.41) is 7.62. The Morgan fingerprint density at radius 3 is 1.27 bits per heavy atom. The van der Waals surface area contributed by atoms with Crippen molar-refractivity contribution >= 4 is 32.3 Å². The summed E-state index contributed by atoms with van der Waals surface area (Å²) in [5.74, 6) is 0. The number of aromatic nitrogens is 1. The molecule has 0 fully saturated rings. The average molecular weight is 562 g/mol. The van der Waals surface area contributed by atoms with E-state index < -0.39 is 0 Å². The van der Waals surface area contributed by atoms with E-state index in [0.717, 1.165) is 0 Å². The van der Waals surface area contributed by atoms with Crippen molar-refractivity contribution in [3.63, 3.8) is 0 Å². The predicted octanol–water partition coefficient (Wildman–Crippen LogP) is 11.8. The second kappa shape index (κ2) is 10.6. The van der Waals surface area contributed by atoms with Gasteiger partial charge < -0.3 is 0 Å². The van der Waals surface area contributed by atoms with Crippen LogP contribution in [0.25, 0.3) is 76.8 Å². The van der Waals surface area contributed by atoms with Gasteiger partial charge in [-0.3, -0.25) is 4.98 Å². The number of rotatable bonds is 4. The van der Waals surface area contributed by atoms with Crippen LogP contribution in [0.5, 0.6) is 0 Å². The zero-order valence-corrected chi connectivity index (χ0v) is 24.9. The zero-order valence-electron chi connectivity index (χ0n) is 24.9. The zero-order chi connectivity index (χ0) is 29.6. The first-order chi connectivity index (χ1) is 21.7. The van der Waals surface area contributed by atoms with Gasteiger partial charge in [0.15, 0.2) is 0 Å². The summed E-state index contributed by atoms with van der Waals surface area (Å²) in [5.41, 5.74) is 12.6. The Morgan fingerprint density at radius 1 is 0.318 bits per heavy atom. The fraction of sp³-hybridized carbons (Fsp3) is 0.0465. The molecule has 0 atom stereocenters. The second-order valence-electron chi connectivity index (χ2n) is 11.6. The largest absolute Gasteiger partial charge is 0.265 e. The molecule has 0 N–H and O–H groups in total. The molecule has 0 unspecified atom stereocenters. The number of hydrogen-bond acceptors (Lipinski definition) is 1. The van der Waals surface area contributed by atoms with Crippen LogP contribution in [0.15, 0.2) is 152 Å². The van der Waals surface area contributed by atoms with Crippen LogP contribution in [-0.2, 0) is 0 Å². The molecule has 0 aliphatic carbocycles. The van der Waals surface area contributed by atoms with E-state index in [4.69, 9.17) is 0 Å². The minimum atomic E-state index is 1.17. The minimum Gasteiger partial charge on any atom is -0.265 e. The lowest BCUT2D eigenvalue weighted by Crippen LogP contribution is -1.93. The summed E-state index contributed by atoms with van der Waals surface area (Å²) in [6.45, 7) is 4.43. The number of fused-ring (bicyclic) bond motifs is 3. The SMILES string of the molecule is Cc1cccc(C)c1-c1cccc2c(-c3c4ccccc4c(-c4ccc(-c5ccncc5)cc4)c4ccccc34)cccc12. The van der Waals surface area contributed by atoms with Gasteiger partial charge in [0.2, 0.25) is 0 Å². The van der Waals surface area contributed by atoms with Gasteiger partial charge in [0.25, 0.3) is 0 Å². The van der Waals surface area contributed by atoms with E-state index in [-0.39, 0.29) is 0 Å². The van der Waals surface area contributed by atoms with E-state index in [2.05, 4.69) is 158 Å². The van der Waals surface area contributed by atoms with Crippen molar-refractivity contribution < 1.29 is 0 Å². The van der Waals surface area contributed by atoms with Crippen molar-refractivity contribution in [1.29, 1.82) is 0 Å². The molecule has 0 aliphatic heterocycles. The molecule has 0 spiro atoms. The van der Waals surface area contributed by atoms with E-state index in [1.807, 2.05) is 12.4 Å². The summed E-state index contributed by atoms with van der Waals surface area (Å²) < 4.78 is 0. The van der Waals surface area contributed by atoms with Gasteiger partial charge in [0.1, 0.15) is 0 Å². The van der Waals surface area contributed by atoms with Gasteiger partial charge >= 0.3 is 0 Å². The number of nitrogens with zero attached hydrogens (tertiary/aromatic N) is 1. The third-order valence-corrected chi connectivity index (χ3v) is 9.06. The van der Waals surface area contributed by atoms with Crippen molar-refractivity contribution in [2.45, 2.75) is 13.8 Å². The highest BCUT2D eigenvalue weighted by Gasteiger charge is 2.19. The lowest BCUT2D eigenvalue weighted by atomic mass is 9.83. The molecule has 1 heterocycles. The van der Waals surface area contributed by atoms with Crippen LogP contribution in [-0.4, -0.2) is 4.98 Å². The van der Waals surface area contributed by atoms with Crippen LogP contribution in [0, 0.1) is 13.8 Å². The fourth-order valence-electron chi connectivity index (χ4n) is 7.09. The third kappa shape index (κ3) is 4.20. The maximum Gasteiger partial charge on any atom is 0.0273 e. The molecule has 0 amide bonds. The first-order valence-electron chi connectivity index (χ1n) is 15.2. The number of pyridine rings is 1. The number of benzene rings is 7. The third-order valence-electron chi connectivity index (χ3n) is 9.06. The highest BCUT2D eigenvalue weighted by Crippen LogP contribution is 2.46. The molecule has 0 saturated heterocycles. The van der Waals surface area contributed by atoms with Gasteiger partial charge in [-0.25, -0.2) is 0 Å². The highest BCUT2D eigenvalue weighted by molar-refractivity contribution is 6.24. The van der Waals surface area contributed by atoms with E-state index in [9.17, 15) is 0 Å². The smallest absolute Gasteiger partial charge is 0.0273 e. The monoisotopic (exact) mass is 561 g/mol. The quantitative estimate of drug-likeness (QED) is 0.195. The van der Waals surface area contributed by atoms with Gasteiger partial charge in [-0.2, -0.15) is 0 Å². The fourth-order valence-corrected chi connectivity index (χ4v) is 7.09. The van der Waals surface area contributed by atoms with Gasteiger partial charge in [-0.15, -0.1) is 0 Å². The normalized spacial score (nSPS) is 11.4. The van der Waals surface area contributed by atoms with E-state index in [1.165, 1.54) is 88.0 Å². The summed E-state index contributed by atoms with van der Waals surface area (Å²) in [7, 11) is 0. The molecule has 8 aromatic rings. The molecule has 208 valence electrons. The highest BCUT2D eigenvalue weighted by atomic mass is 14.6. The van der Waals surface area contributed by atoms with Gasteiger partial charge in [-0.1, -0.05) is 127 Å². The standard InChI is InChI=1S/C43H31N/c1-28-10-7-11-29(2)41(28)35-18-8-17-34-33(35)16-9-19-36(34)43-39-14-5-3-12-37(39)42(38-13-4-6-15-40(38)43)32-22-20-30(21-23-32)31-24-26-44-27-25-31/h3-27H,1-2H3. The maximum atomic E-state index is 4.18. The Labute approximate surface area is 258 Å². The second-order valence-corrected chi connectivity index (χ2v) is 11.6. The molecule has 0 saturated carbocycles. The molecule has 7 aromatic carbocycles. The molecular formula is C43H31N. The summed E-state index contributed by atoms with van der Waals surface area (Å²) in [6.07, 6.45) is 3.70. The van der Waals surface area contributed by atoms with Crippen molar-refractivity contribution in [1.82, 2.24) is 4.98 Å². The predicted molar refractivity (Wildman–Crippen MR) is 188 cm³/mol. The Hall–Kier alpha value is -5.53. The van der Waals surface area contributed by atoms with Crippen LogP contribution in [0.1, 0.15) is 11.1 Å². The van der Waals surface area contributed by atoms with Crippen molar-refractivity contribution in [2.75, 3.05) is 0 Å². The van der Waals surface area contributed by atoms with Crippen LogP contribution < -0.4 is 0 Å². The molecule has 1 heteroatoms. The molecular weight excluding hydrogens is 530 g/mol. The molecule has 8 rings (SSSR count). The molecule has 0 aliphatic rings. The maximum absolute atomic E-state index is 4.18. The molecule has 44 heavy (non-hydrogen) atoms. The van der Waals surface area contributed by atoms with Crippen molar-refractivity contribution in [2.24, 2.45) is 0 Å². The number of hydrogen-bond donors (Lipinski definition) is 0. The molecule has 1 nitrogen and oxygen atoms in total. The van der Waals surface area contributed by atoms with Crippen molar-refractivity contribution in [3.05, 3.63) is 163 Å². The first-order valence-corrected chi connectivity index (χ1v) is 15.2. The van der Waals surface area contributed by atoms with E-state index in [0.29, 0.717) is 0 Å².